The largest absolute Gasteiger partial charge is 0.324 e. The van der Waals surface area contributed by atoms with Gasteiger partial charge in [-0.25, -0.2) is 8.78 Å². The maximum Gasteiger partial charge on any atom is 0.237 e. The molecule has 1 heterocycles. The van der Waals surface area contributed by atoms with E-state index in [4.69, 9.17) is 0 Å². The predicted octanol–water partition coefficient (Wildman–Crippen LogP) is 3.58. The lowest BCUT2D eigenvalue weighted by Crippen LogP contribution is -2.26. The van der Waals surface area contributed by atoms with Crippen molar-refractivity contribution < 1.29 is 18.4 Å². The number of amides is 2. The van der Waals surface area contributed by atoms with Gasteiger partial charge in [-0.2, -0.15) is 0 Å². The molecule has 0 fully saturated rings. The lowest BCUT2D eigenvalue weighted by molar-refractivity contribution is -0.116. The van der Waals surface area contributed by atoms with E-state index in [1.54, 1.807) is 12.1 Å². The molecule has 1 aliphatic rings. The van der Waals surface area contributed by atoms with E-state index >= 15 is 0 Å². The minimum Gasteiger partial charge on any atom is -0.324 e. The van der Waals surface area contributed by atoms with Gasteiger partial charge in [-0.3, -0.25) is 9.59 Å². The number of hydrogen-bond donors (Lipinski definition) is 2. The average Bonchev–Trinajstić information content (AvgIpc) is 2.51. The number of nitrogens with one attached hydrogen (secondary N) is 2. The highest BCUT2D eigenvalue weighted by Gasteiger charge is 2.23. The molecule has 2 amide bonds. The first-order valence-corrected chi connectivity index (χ1v) is 8.15. The molecule has 124 valence electrons. The third-order valence-corrected chi connectivity index (χ3v) is 4.72. The Morgan fingerprint density at radius 2 is 2.04 bits per heavy atom. The van der Waals surface area contributed by atoms with Gasteiger partial charge in [0, 0.05) is 11.0 Å². The van der Waals surface area contributed by atoms with E-state index in [2.05, 4.69) is 10.6 Å². The van der Waals surface area contributed by atoms with Crippen molar-refractivity contribution in [3.63, 3.8) is 0 Å². The zero-order valence-corrected chi connectivity index (χ0v) is 13.5. The van der Waals surface area contributed by atoms with Crippen LogP contribution in [0.2, 0.25) is 0 Å². The fraction of sp³-hybridized carbons (Fsp3) is 0.176. The maximum atomic E-state index is 13.5. The fourth-order valence-corrected chi connectivity index (χ4v) is 3.27. The standard InChI is InChI=1S/C17H14F2N2O2S/c1-9-17(23)21-14-6-10(2-5-15(14)24-9)7-16(22)20-13-4-3-11(18)8-12(13)19/h2-6,8-9H,7H2,1H3,(H,20,22)(H,21,23). The number of fused-ring (bicyclic) bond motifs is 1. The Bertz CT molecular complexity index is 826. The minimum absolute atomic E-state index is 0.0141. The summed E-state index contributed by atoms with van der Waals surface area (Å²) in [6.07, 6.45) is 0.0141. The molecule has 0 saturated heterocycles. The molecule has 4 nitrogen and oxygen atoms in total. The van der Waals surface area contributed by atoms with Gasteiger partial charge in [0.2, 0.25) is 11.8 Å². The van der Waals surface area contributed by atoms with Crippen LogP contribution in [0.5, 0.6) is 0 Å². The Labute approximate surface area is 141 Å². The van der Waals surface area contributed by atoms with Crippen molar-refractivity contribution >= 4 is 35.0 Å². The molecule has 3 rings (SSSR count). The molecule has 0 bridgehead atoms. The van der Waals surface area contributed by atoms with Crippen molar-refractivity contribution in [2.75, 3.05) is 10.6 Å². The molecule has 0 saturated carbocycles. The van der Waals surface area contributed by atoms with Crippen molar-refractivity contribution in [2.24, 2.45) is 0 Å². The Hall–Kier alpha value is -2.41. The molecule has 2 aromatic rings. The van der Waals surface area contributed by atoms with Crippen molar-refractivity contribution in [1.29, 1.82) is 0 Å². The van der Waals surface area contributed by atoms with E-state index in [0.717, 1.165) is 11.0 Å². The Balaban J connectivity index is 1.71. The zero-order valence-electron chi connectivity index (χ0n) is 12.7. The van der Waals surface area contributed by atoms with Gasteiger partial charge in [0.25, 0.3) is 0 Å². The van der Waals surface area contributed by atoms with E-state index in [0.29, 0.717) is 17.3 Å². The fourth-order valence-electron chi connectivity index (χ4n) is 2.34. The van der Waals surface area contributed by atoms with Crippen molar-refractivity contribution in [2.45, 2.75) is 23.5 Å². The van der Waals surface area contributed by atoms with Crippen molar-refractivity contribution in [3.05, 3.63) is 53.6 Å². The SMILES string of the molecule is CC1Sc2ccc(CC(=O)Nc3ccc(F)cc3F)cc2NC1=O. The average molecular weight is 348 g/mol. The van der Waals surface area contributed by atoms with Crippen LogP contribution in [0.15, 0.2) is 41.3 Å². The van der Waals surface area contributed by atoms with Crippen molar-refractivity contribution in [3.8, 4) is 0 Å². The Morgan fingerprint density at radius 3 is 2.79 bits per heavy atom. The van der Waals surface area contributed by atoms with E-state index in [9.17, 15) is 18.4 Å². The molecule has 0 aliphatic carbocycles. The molecule has 1 aliphatic heterocycles. The second-order valence-corrected chi connectivity index (χ2v) is 6.81. The zero-order chi connectivity index (χ0) is 17.3. The highest BCUT2D eigenvalue weighted by atomic mass is 32.2. The summed E-state index contributed by atoms with van der Waals surface area (Å²) in [6.45, 7) is 1.82. The van der Waals surface area contributed by atoms with E-state index in [1.165, 1.54) is 17.8 Å². The number of hydrogen-bond acceptors (Lipinski definition) is 3. The number of benzene rings is 2. The van der Waals surface area contributed by atoms with Crippen LogP contribution in [0.4, 0.5) is 20.2 Å². The number of carbonyl (C=O) groups excluding carboxylic acids is 2. The first kappa shape index (κ1) is 16.4. The topological polar surface area (TPSA) is 58.2 Å². The van der Waals surface area contributed by atoms with Crippen LogP contribution in [0, 0.1) is 11.6 Å². The van der Waals surface area contributed by atoms with Gasteiger partial charge in [0.15, 0.2) is 0 Å². The number of carbonyl (C=O) groups is 2. The van der Waals surface area contributed by atoms with Gasteiger partial charge in [0.1, 0.15) is 11.6 Å². The number of thioether (sulfide) groups is 1. The van der Waals surface area contributed by atoms with E-state index in [1.807, 2.05) is 13.0 Å². The highest BCUT2D eigenvalue weighted by molar-refractivity contribution is 8.00. The summed E-state index contributed by atoms with van der Waals surface area (Å²) in [5.74, 6) is -2.04. The van der Waals surface area contributed by atoms with E-state index < -0.39 is 17.5 Å². The van der Waals surface area contributed by atoms with Gasteiger partial charge in [-0.05, 0) is 36.8 Å². The normalized spacial score (nSPS) is 16.3. The predicted molar refractivity (Wildman–Crippen MR) is 89.1 cm³/mol. The second-order valence-electron chi connectivity index (χ2n) is 5.43. The van der Waals surface area contributed by atoms with Crippen LogP contribution in [-0.2, 0) is 16.0 Å². The molecule has 0 radical (unpaired) electrons. The van der Waals surface area contributed by atoms with Gasteiger partial charge in [-0.15, -0.1) is 11.8 Å². The Morgan fingerprint density at radius 1 is 1.25 bits per heavy atom. The summed E-state index contributed by atoms with van der Waals surface area (Å²) < 4.78 is 26.4. The maximum absolute atomic E-state index is 13.5. The molecule has 2 aromatic carbocycles. The summed E-state index contributed by atoms with van der Waals surface area (Å²) in [5, 5.41) is 5.04. The molecular formula is C17H14F2N2O2S. The summed E-state index contributed by atoms with van der Waals surface area (Å²) in [7, 11) is 0. The summed E-state index contributed by atoms with van der Waals surface area (Å²) in [5.41, 5.74) is 1.28. The lowest BCUT2D eigenvalue weighted by Gasteiger charge is -2.21. The first-order valence-electron chi connectivity index (χ1n) is 7.28. The molecular weight excluding hydrogens is 334 g/mol. The van der Waals surface area contributed by atoms with E-state index in [-0.39, 0.29) is 23.3 Å². The molecule has 1 atom stereocenters. The molecule has 0 spiro atoms. The van der Waals surface area contributed by atoms with Gasteiger partial charge in [0.05, 0.1) is 23.0 Å². The van der Waals surface area contributed by atoms with Gasteiger partial charge in [-0.1, -0.05) is 6.07 Å². The molecule has 24 heavy (non-hydrogen) atoms. The number of halogens is 2. The lowest BCUT2D eigenvalue weighted by atomic mass is 10.1. The van der Waals surface area contributed by atoms with Gasteiger partial charge >= 0.3 is 0 Å². The van der Waals surface area contributed by atoms with Gasteiger partial charge < -0.3 is 10.6 Å². The summed E-state index contributed by atoms with van der Waals surface area (Å²) in [6, 6.07) is 8.32. The summed E-state index contributed by atoms with van der Waals surface area (Å²) >= 11 is 1.46. The monoisotopic (exact) mass is 348 g/mol. The van der Waals surface area contributed by atoms with Crippen LogP contribution in [-0.4, -0.2) is 17.1 Å². The quantitative estimate of drug-likeness (QED) is 0.891. The number of rotatable bonds is 3. The van der Waals surface area contributed by atoms with Crippen LogP contribution < -0.4 is 10.6 Å². The smallest absolute Gasteiger partial charge is 0.237 e. The van der Waals surface area contributed by atoms with Crippen LogP contribution in [0.1, 0.15) is 12.5 Å². The van der Waals surface area contributed by atoms with Crippen LogP contribution >= 0.6 is 11.8 Å². The second kappa shape index (κ2) is 6.60. The Kier molecular flexibility index (Phi) is 4.53. The third-order valence-electron chi connectivity index (χ3n) is 3.54. The third kappa shape index (κ3) is 3.56. The van der Waals surface area contributed by atoms with Crippen LogP contribution in [0.3, 0.4) is 0 Å². The number of anilines is 2. The molecule has 0 aromatic heterocycles. The van der Waals surface area contributed by atoms with Crippen LogP contribution in [0.25, 0.3) is 0 Å². The molecule has 2 N–H and O–H groups in total. The molecule has 1 unspecified atom stereocenters. The summed E-state index contributed by atoms with van der Waals surface area (Å²) in [4.78, 5) is 24.7. The van der Waals surface area contributed by atoms with Crippen molar-refractivity contribution in [1.82, 2.24) is 0 Å². The minimum atomic E-state index is -0.827. The highest BCUT2D eigenvalue weighted by Crippen LogP contribution is 2.36. The first-order chi connectivity index (χ1) is 11.4. The molecule has 7 heteroatoms.